The number of thiophene rings is 1. The van der Waals surface area contributed by atoms with Gasteiger partial charge in [0, 0.05) is 11.3 Å². The van der Waals surface area contributed by atoms with E-state index in [1.54, 1.807) is 0 Å². The van der Waals surface area contributed by atoms with Gasteiger partial charge in [0.05, 0.1) is 12.2 Å². The molecule has 2 nitrogen and oxygen atoms in total. The second-order valence-electron chi connectivity index (χ2n) is 2.23. The second kappa shape index (κ2) is 4.12. The zero-order valence-corrected chi connectivity index (χ0v) is 6.84. The molecule has 0 aliphatic rings. The van der Waals surface area contributed by atoms with Gasteiger partial charge in [0.1, 0.15) is 0 Å². The van der Waals surface area contributed by atoms with Crippen molar-refractivity contribution >= 4 is 11.3 Å². The number of nitriles is 1. The standard InChI is InChI=1S/C8H9NOS/c9-5-1-3-7(10)8-4-2-6-11-8/h2,4,6-7,10H,1,3H2. The van der Waals surface area contributed by atoms with Crippen molar-refractivity contribution in [2.75, 3.05) is 0 Å². The normalized spacial score (nSPS) is 12.4. The summed E-state index contributed by atoms with van der Waals surface area (Å²) >= 11 is 1.52. The Balaban J connectivity index is 2.44. The lowest BCUT2D eigenvalue weighted by Gasteiger charge is -2.03. The minimum atomic E-state index is -0.449. The Morgan fingerprint density at radius 2 is 2.55 bits per heavy atom. The summed E-state index contributed by atoms with van der Waals surface area (Å²) in [6.45, 7) is 0. The highest BCUT2D eigenvalue weighted by Gasteiger charge is 2.06. The van der Waals surface area contributed by atoms with E-state index in [1.165, 1.54) is 11.3 Å². The molecule has 0 bridgehead atoms. The fourth-order valence-electron chi connectivity index (χ4n) is 0.824. The van der Waals surface area contributed by atoms with Crippen LogP contribution in [-0.4, -0.2) is 5.11 Å². The largest absolute Gasteiger partial charge is 0.388 e. The van der Waals surface area contributed by atoms with Gasteiger partial charge < -0.3 is 5.11 Å². The number of rotatable bonds is 3. The number of nitrogens with zero attached hydrogens (tertiary/aromatic N) is 1. The highest BCUT2D eigenvalue weighted by atomic mass is 32.1. The molecule has 1 aromatic heterocycles. The lowest BCUT2D eigenvalue weighted by atomic mass is 10.2. The first-order valence-corrected chi connectivity index (χ1v) is 4.31. The van der Waals surface area contributed by atoms with Crippen LogP contribution in [0.1, 0.15) is 23.8 Å². The molecule has 0 saturated carbocycles. The summed E-state index contributed by atoms with van der Waals surface area (Å²) in [6.07, 6.45) is 0.505. The molecule has 1 aromatic rings. The van der Waals surface area contributed by atoms with E-state index in [1.807, 2.05) is 23.6 Å². The Kier molecular flexibility index (Phi) is 3.09. The van der Waals surface area contributed by atoms with Crippen molar-refractivity contribution in [1.29, 1.82) is 5.26 Å². The van der Waals surface area contributed by atoms with E-state index in [0.717, 1.165) is 4.88 Å². The third kappa shape index (κ3) is 2.34. The van der Waals surface area contributed by atoms with E-state index >= 15 is 0 Å². The molecule has 58 valence electrons. The van der Waals surface area contributed by atoms with Crippen LogP contribution in [0.3, 0.4) is 0 Å². The Bertz CT molecular complexity index is 237. The average Bonchev–Trinajstić information content (AvgIpc) is 2.52. The summed E-state index contributed by atoms with van der Waals surface area (Å²) in [5.41, 5.74) is 0. The van der Waals surface area contributed by atoms with Gasteiger partial charge in [-0.2, -0.15) is 5.26 Å². The summed E-state index contributed by atoms with van der Waals surface area (Å²) in [4.78, 5) is 0.945. The maximum absolute atomic E-state index is 9.40. The van der Waals surface area contributed by atoms with Crippen LogP contribution in [0.2, 0.25) is 0 Å². The van der Waals surface area contributed by atoms with Gasteiger partial charge >= 0.3 is 0 Å². The summed E-state index contributed by atoms with van der Waals surface area (Å²) < 4.78 is 0. The summed E-state index contributed by atoms with van der Waals surface area (Å²) in [5, 5.41) is 19.6. The van der Waals surface area contributed by atoms with Crippen molar-refractivity contribution in [1.82, 2.24) is 0 Å². The van der Waals surface area contributed by atoms with Crippen molar-refractivity contribution in [3.8, 4) is 6.07 Å². The number of hydrogen-bond donors (Lipinski definition) is 1. The van der Waals surface area contributed by atoms with Gasteiger partial charge in [-0.1, -0.05) is 6.07 Å². The number of aliphatic hydroxyl groups is 1. The molecular formula is C8H9NOS. The zero-order chi connectivity index (χ0) is 8.10. The van der Waals surface area contributed by atoms with Gasteiger partial charge in [0.15, 0.2) is 0 Å². The molecule has 1 rings (SSSR count). The van der Waals surface area contributed by atoms with Crippen LogP contribution in [0, 0.1) is 11.3 Å². The highest BCUT2D eigenvalue weighted by Crippen LogP contribution is 2.22. The van der Waals surface area contributed by atoms with Crippen LogP contribution in [0.4, 0.5) is 0 Å². The first-order chi connectivity index (χ1) is 5.34. The van der Waals surface area contributed by atoms with E-state index in [0.29, 0.717) is 12.8 Å². The maximum Gasteiger partial charge on any atom is 0.0891 e. The molecule has 0 aliphatic heterocycles. The molecule has 0 radical (unpaired) electrons. The minimum absolute atomic E-state index is 0.416. The lowest BCUT2D eigenvalue weighted by molar-refractivity contribution is 0.173. The minimum Gasteiger partial charge on any atom is -0.388 e. The third-order valence-corrected chi connectivity index (χ3v) is 2.37. The molecule has 3 heteroatoms. The molecule has 1 N–H and O–H groups in total. The summed E-state index contributed by atoms with van der Waals surface area (Å²) in [7, 11) is 0. The number of aliphatic hydroxyl groups excluding tert-OH is 1. The topological polar surface area (TPSA) is 44.0 Å². The predicted molar refractivity (Wildman–Crippen MR) is 44.1 cm³/mol. The Labute approximate surface area is 69.7 Å². The van der Waals surface area contributed by atoms with Crippen molar-refractivity contribution < 1.29 is 5.11 Å². The summed E-state index contributed by atoms with van der Waals surface area (Å²) in [6, 6.07) is 5.79. The van der Waals surface area contributed by atoms with E-state index < -0.39 is 6.10 Å². The van der Waals surface area contributed by atoms with Crippen LogP contribution in [-0.2, 0) is 0 Å². The quantitative estimate of drug-likeness (QED) is 0.749. The van der Waals surface area contributed by atoms with E-state index in [-0.39, 0.29) is 0 Å². The second-order valence-corrected chi connectivity index (χ2v) is 3.21. The van der Waals surface area contributed by atoms with E-state index in [4.69, 9.17) is 5.26 Å². The van der Waals surface area contributed by atoms with E-state index in [2.05, 4.69) is 0 Å². The van der Waals surface area contributed by atoms with Gasteiger partial charge in [-0.05, 0) is 17.9 Å². The third-order valence-electron chi connectivity index (χ3n) is 1.40. The molecule has 0 aromatic carbocycles. The fourth-order valence-corrected chi connectivity index (χ4v) is 1.57. The lowest BCUT2D eigenvalue weighted by Crippen LogP contribution is -1.92. The molecule has 0 fully saturated rings. The van der Waals surface area contributed by atoms with Crippen LogP contribution in [0.5, 0.6) is 0 Å². The van der Waals surface area contributed by atoms with Gasteiger partial charge in [0.2, 0.25) is 0 Å². The molecule has 1 heterocycles. The van der Waals surface area contributed by atoms with Crippen LogP contribution in [0.15, 0.2) is 17.5 Å². The molecule has 0 saturated heterocycles. The molecule has 0 amide bonds. The Morgan fingerprint density at radius 1 is 1.73 bits per heavy atom. The van der Waals surface area contributed by atoms with Crippen LogP contribution < -0.4 is 0 Å². The van der Waals surface area contributed by atoms with Crippen molar-refractivity contribution in [3.05, 3.63) is 22.4 Å². The first kappa shape index (κ1) is 8.25. The molecule has 1 unspecified atom stereocenters. The molecule has 11 heavy (non-hydrogen) atoms. The fraction of sp³-hybridized carbons (Fsp3) is 0.375. The van der Waals surface area contributed by atoms with Gasteiger partial charge in [-0.3, -0.25) is 0 Å². The average molecular weight is 167 g/mol. The maximum atomic E-state index is 9.40. The summed E-state index contributed by atoms with van der Waals surface area (Å²) in [5.74, 6) is 0. The van der Waals surface area contributed by atoms with E-state index in [9.17, 15) is 5.11 Å². The molecule has 0 aliphatic carbocycles. The van der Waals surface area contributed by atoms with Gasteiger partial charge in [0.25, 0.3) is 0 Å². The van der Waals surface area contributed by atoms with Crippen molar-refractivity contribution in [2.45, 2.75) is 18.9 Å². The van der Waals surface area contributed by atoms with Gasteiger partial charge in [-0.25, -0.2) is 0 Å². The smallest absolute Gasteiger partial charge is 0.0891 e. The Morgan fingerprint density at radius 3 is 3.09 bits per heavy atom. The highest BCUT2D eigenvalue weighted by molar-refractivity contribution is 7.10. The molecule has 1 atom stereocenters. The van der Waals surface area contributed by atoms with Crippen LogP contribution in [0.25, 0.3) is 0 Å². The first-order valence-electron chi connectivity index (χ1n) is 3.43. The number of hydrogen-bond acceptors (Lipinski definition) is 3. The van der Waals surface area contributed by atoms with Crippen molar-refractivity contribution in [3.63, 3.8) is 0 Å². The predicted octanol–water partition coefficient (Wildman–Crippen LogP) is 2.09. The van der Waals surface area contributed by atoms with Crippen LogP contribution >= 0.6 is 11.3 Å². The zero-order valence-electron chi connectivity index (χ0n) is 6.03. The molecular weight excluding hydrogens is 158 g/mol. The van der Waals surface area contributed by atoms with Gasteiger partial charge in [-0.15, -0.1) is 11.3 Å². The SMILES string of the molecule is N#CCCC(O)c1cccs1. The molecule has 0 spiro atoms. The Hall–Kier alpha value is -0.850. The monoisotopic (exact) mass is 167 g/mol. The van der Waals surface area contributed by atoms with Crippen molar-refractivity contribution in [2.24, 2.45) is 0 Å².